The van der Waals surface area contributed by atoms with Crippen LogP contribution in [0.25, 0.3) is 0 Å². The summed E-state index contributed by atoms with van der Waals surface area (Å²) in [5.74, 6) is -0.426. The average molecular weight is 365 g/mol. The Morgan fingerprint density at radius 1 is 1.32 bits per heavy atom. The molecule has 19 heavy (non-hydrogen) atoms. The van der Waals surface area contributed by atoms with Gasteiger partial charge in [-0.15, -0.1) is 11.3 Å². The molecule has 8 heteroatoms. The Morgan fingerprint density at radius 2 is 1.95 bits per heavy atom. The maximum absolute atomic E-state index is 12.8. The molecule has 3 N–H and O–H groups in total. The van der Waals surface area contributed by atoms with Crippen LogP contribution < -0.4 is 10.5 Å². The van der Waals surface area contributed by atoms with Crippen LogP contribution in [-0.2, 0) is 16.6 Å². The van der Waals surface area contributed by atoms with E-state index in [1.54, 1.807) is 0 Å². The monoisotopic (exact) mass is 364 g/mol. The molecular formula is C11H10BrFN2O2S2. The summed E-state index contributed by atoms with van der Waals surface area (Å²) in [6.07, 6.45) is 0. The van der Waals surface area contributed by atoms with E-state index in [0.717, 1.165) is 4.88 Å². The first-order valence-electron chi connectivity index (χ1n) is 5.19. The van der Waals surface area contributed by atoms with Gasteiger partial charge in [0.15, 0.2) is 0 Å². The normalized spacial score (nSPS) is 11.5. The van der Waals surface area contributed by atoms with Gasteiger partial charge in [-0.25, -0.2) is 12.8 Å². The zero-order chi connectivity index (χ0) is 14.0. The van der Waals surface area contributed by atoms with Crippen LogP contribution in [0, 0.1) is 5.82 Å². The lowest BCUT2D eigenvalue weighted by Crippen LogP contribution is -2.12. The highest BCUT2D eigenvalue weighted by atomic mass is 79.9. The van der Waals surface area contributed by atoms with Gasteiger partial charge in [0.2, 0.25) is 0 Å². The third-order valence-corrected chi connectivity index (χ3v) is 5.95. The number of benzene rings is 1. The zero-order valence-electron chi connectivity index (χ0n) is 9.56. The first-order chi connectivity index (χ1) is 8.92. The van der Waals surface area contributed by atoms with E-state index in [4.69, 9.17) is 5.73 Å². The summed E-state index contributed by atoms with van der Waals surface area (Å²) in [4.78, 5) is 0.883. The standard InChI is InChI=1S/C11H10BrFN2O2S2/c12-11-10(5-9(6-14)18-11)19(16,17)15-8-3-1-7(13)2-4-8/h1-5,15H,6,14H2. The summed E-state index contributed by atoms with van der Waals surface area (Å²) >= 11 is 4.47. The molecule has 1 aromatic carbocycles. The molecule has 0 aliphatic heterocycles. The quantitative estimate of drug-likeness (QED) is 0.875. The van der Waals surface area contributed by atoms with Crippen LogP contribution in [0.1, 0.15) is 4.88 Å². The van der Waals surface area contributed by atoms with Crippen molar-refractivity contribution in [2.75, 3.05) is 4.72 Å². The highest BCUT2D eigenvalue weighted by Crippen LogP contribution is 2.32. The van der Waals surface area contributed by atoms with Gasteiger partial charge >= 0.3 is 0 Å². The average Bonchev–Trinajstić information content (AvgIpc) is 2.74. The molecule has 0 radical (unpaired) electrons. The summed E-state index contributed by atoms with van der Waals surface area (Å²) in [5, 5.41) is 0. The van der Waals surface area contributed by atoms with Gasteiger partial charge in [0.25, 0.3) is 10.0 Å². The van der Waals surface area contributed by atoms with Crippen LogP contribution in [0.2, 0.25) is 0 Å². The topological polar surface area (TPSA) is 72.2 Å². The number of nitrogens with one attached hydrogen (secondary N) is 1. The number of hydrogen-bond acceptors (Lipinski definition) is 4. The van der Waals surface area contributed by atoms with Gasteiger partial charge in [0.05, 0.1) is 3.79 Å². The summed E-state index contributed by atoms with van der Waals surface area (Å²) in [7, 11) is -3.71. The highest BCUT2D eigenvalue weighted by Gasteiger charge is 2.20. The molecule has 0 amide bonds. The van der Waals surface area contributed by atoms with E-state index in [2.05, 4.69) is 20.7 Å². The van der Waals surface area contributed by atoms with Gasteiger partial charge in [-0.05, 0) is 46.3 Å². The molecular weight excluding hydrogens is 355 g/mol. The minimum Gasteiger partial charge on any atom is -0.326 e. The fraction of sp³-hybridized carbons (Fsp3) is 0.0909. The fourth-order valence-electron chi connectivity index (χ4n) is 1.41. The maximum atomic E-state index is 12.8. The van der Waals surface area contributed by atoms with Crippen molar-refractivity contribution in [2.24, 2.45) is 5.73 Å². The minimum absolute atomic E-state index is 0.127. The van der Waals surface area contributed by atoms with E-state index in [1.807, 2.05) is 0 Å². The number of hydrogen-bond donors (Lipinski definition) is 2. The number of rotatable bonds is 4. The van der Waals surface area contributed by atoms with Crippen molar-refractivity contribution < 1.29 is 12.8 Å². The number of thiophene rings is 1. The molecule has 0 aliphatic rings. The van der Waals surface area contributed by atoms with Crippen LogP contribution in [0.4, 0.5) is 10.1 Å². The summed E-state index contributed by atoms with van der Waals surface area (Å²) in [6.45, 7) is 0.273. The van der Waals surface area contributed by atoms with Gasteiger partial charge < -0.3 is 5.73 Å². The van der Waals surface area contributed by atoms with E-state index < -0.39 is 15.8 Å². The molecule has 4 nitrogen and oxygen atoms in total. The molecule has 0 atom stereocenters. The maximum Gasteiger partial charge on any atom is 0.263 e. The van der Waals surface area contributed by atoms with Crippen LogP contribution in [0.5, 0.6) is 0 Å². The highest BCUT2D eigenvalue weighted by molar-refractivity contribution is 9.11. The Bertz CT molecular complexity index is 683. The van der Waals surface area contributed by atoms with Crippen molar-refractivity contribution in [1.82, 2.24) is 0 Å². The largest absolute Gasteiger partial charge is 0.326 e. The fourth-order valence-corrected chi connectivity index (χ4v) is 5.03. The number of sulfonamides is 1. The third kappa shape index (κ3) is 3.33. The van der Waals surface area contributed by atoms with Crippen molar-refractivity contribution in [2.45, 2.75) is 11.4 Å². The molecule has 1 heterocycles. The lowest BCUT2D eigenvalue weighted by Gasteiger charge is -2.06. The van der Waals surface area contributed by atoms with E-state index in [9.17, 15) is 12.8 Å². The summed E-state index contributed by atoms with van der Waals surface area (Å²) < 4.78 is 40.0. The predicted molar refractivity (Wildman–Crippen MR) is 77.1 cm³/mol. The first-order valence-corrected chi connectivity index (χ1v) is 8.28. The molecule has 0 bridgehead atoms. The minimum atomic E-state index is -3.71. The van der Waals surface area contributed by atoms with Crippen LogP contribution >= 0.6 is 27.3 Å². The lowest BCUT2D eigenvalue weighted by molar-refractivity contribution is 0.601. The SMILES string of the molecule is NCc1cc(S(=O)(=O)Nc2ccc(F)cc2)c(Br)s1. The third-order valence-electron chi connectivity index (χ3n) is 2.29. The van der Waals surface area contributed by atoms with Crippen LogP contribution in [-0.4, -0.2) is 8.42 Å². The molecule has 0 fully saturated rings. The predicted octanol–water partition coefficient (Wildman–Crippen LogP) is 2.91. The Labute approximate surface area is 122 Å². The molecule has 2 aromatic rings. The van der Waals surface area contributed by atoms with Crippen molar-refractivity contribution in [3.63, 3.8) is 0 Å². The number of nitrogens with two attached hydrogens (primary N) is 1. The van der Waals surface area contributed by atoms with Gasteiger partial charge in [-0.1, -0.05) is 0 Å². The summed E-state index contributed by atoms with van der Waals surface area (Å²) in [5.41, 5.74) is 5.78. The van der Waals surface area contributed by atoms with E-state index >= 15 is 0 Å². The molecule has 0 unspecified atom stereocenters. The second-order valence-electron chi connectivity index (χ2n) is 3.67. The van der Waals surface area contributed by atoms with Crippen molar-refractivity contribution in [3.8, 4) is 0 Å². The molecule has 0 spiro atoms. The van der Waals surface area contributed by atoms with Crippen LogP contribution in [0.15, 0.2) is 39.0 Å². The van der Waals surface area contributed by atoms with E-state index in [-0.39, 0.29) is 11.4 Å². The van der Waals surface area contributed by atoms with Crippen molar-refractivity contribution in [1.29, 1.82) is 0 Å². The smallest absolute Gasteiger partial charge is 0.263 e. The van der Waals surface area contributed by atoms with Crippen molar-refractivity contribution in [3.05, 3.63) is 44.8 Å². The lowest BCUT2D eigenvalue weighted by atomic mass is 10.3. The van der Waals surface area contributed by atoms with E-state index in [1.165, 1.54) is 41.7 Å². The van der Waals surface area contributed by atoms with Crippen LogP contribution in [0.3, 0.4) is 0 Å². The second-order valence-corrected chi connectivity index (χ2v) is 7.77. The molecule has 1 aromatic heterocycles. The van der Waals surface area contributed by atoms with Gasteiger partial charge in [0.1, 0.15) is 10.7 Å². The van der Waals surface area contributed by atoms with E-state index in [0.29, 0.717) is 9.47 Å². The van der Waals surface area contributed by atoms with Crippen molar-refractivity contribution >= 4 is 43.0 Å². The summed E-state index contributed by atoms with van der Waals surface area (Å²) in [6, 6.07) is 6.60. The molecule has 0 aliphatic carbocycles. The Hall–Kier alpha value is -0.960. The first kappa shape index (κ1) is 14.4. The van der Waals surface area contributed by atoms with Gasteiger partial charge in [0, 0.05) is 17.1 Å². The van der Waals surface area contributed by atoms with Gasteiger partial charge in [-0.2, -0.15) is 0 Å². The number of halogens is 2. The molecule has 2 rings (SSSR count). The molecule has 102 valence electrons. The second kappa shape index (κ2) is 5.58. The van der Waals surface area contributed by atoms with Gasteiger partial charge in [-0.3, -0.25) is 4.72 Å². The Balaban J connectivity index is 2.31. The Morgan fingerprint density at radius 3 is 2.47 bits per heavy atom. The molecule has 0 saturated heterocycles. The molecule has 0 saturated carbocycles. The number of anilines is 1. The zero-order valence-corrected chi connectivity index (χ0v) is 12.8. The Kier molecular flexibility index (Phi) is 4.24.